The molecule has 0 saturated carbocycles. The van der Waals surface area contributed by atoms with Crippen molar-refractivity contribution in [1.82, 2.24) is 5.32 Å². The van der Waals surface area contributed by atoms with E-state index in [-0.39, 0.29) is 0 Å². The summed E-state index contributed by atoms with van der Waals surface area (Å²) in [5, 5.41) is 12.1. The number of hydrogen-bond donors (Lipinski definition) is 2. The molecule has 18 heavy (non-hydrogen) atoms. The Balaban J connectivity index is 2.29. The number of rotatable bonds is 7. The Bertz CT molecular complexity index is 424. The molecule has 0 unspecified atom stereocenters. The summed E-state index contributed by atoms with van der Waals surface area (Å²) in [6, 6.07) is 8.43. The fraction of sp³-hybridized carbons (Fsp3) is 0.400. The van der Waals surface area contributed by atoms with Gasteiger partial charge in [0.25, 0.3) is 0 Å². The lowest BCUT2D eigenvalue weighted by molar-refractivity contribution is -0.132. The Morgan fingerprint density at radius 1 is 1.44 bits per heavy atom. The maximum absolute atomic E-state index is 10.8. The van der Waals surface area contributed by atoms with E-state index in [1.807, 2.05) is 6.92 Å². The van der Waals surface area contributed by atoms with Crippen LogP contribution in [0, 0.1) is 6.92 Å². The van der Waals surface area contributed by atoms with Gasteiger partial charge in [-0.15, -0.1) is 0 Å². The van der Waals surface area contributed by atoms with Crippen LogP contribution in [0.4, 0.5) is 0 Å². The van der Waals surface area contributed by atoms with Gasteiger partial charge in [-0.05, 0) is 31.9 Å². The molecule has 0 radical (unpaired) electrons. The van der Waals surface area contributed by atoms with E-state index in [0.717, 1.165) is 13.0 Å². The minimum Gasteiger partial charge on any atom is -0.478 e. The largest absolute Gasteiger partial charge is 0.478 e. The van der Waals surface area contributed by atoms with Gasteiger partial charge in [0.1, 0.15) is 0 Å². The van der Waals surface area contributed by atoms with Crippen LogP contribution in [0.15, 0.2) is 35.9 Å². The summed E-state index contributed by atoms with van der Waals surface area (Å²) in [5.74, 6) is -0.821. The first-order valence-electron chi connectivity index (χ1n) is 6.32. The van der Waals surface area contributed by atoms with Crippen LogP contribution in [-0.4, -0.2) is 24.2 Å². The summed E-state index contributed by atoms with van der Waals surface area (Å²) in [6.45, 7) is 5.41. The zero-order valence-corrected chi connectivity index (χ0v) is 11.1. The Morgan fingerprint density at radius 3 is 2.83 bits per heavy atom. The number of aliphatic carboxylic acids is 1. The van der Waals surface area contributed by atoms with Gasteiger partial charge in [-0.25, -0.2) is 4.79 Å². The lowest BCUT2D eigenvalue weighted by Crippen LogP contribution is -2.18. The first-order valence-corrected chi connectivity index (χ1v) is 6.32. The highest BCUT2D eigenvalue weighted by Gasteiger charge is 2.02. The first-order chi connectivity index (χ1) is 8.63. The molecule has 0 atom stereocenters. The SMILES string of the molecule is CC/C(=C/CNCCc1cccc(C)c1)C(=O)O. The van der Waals surface area contributed by atoms with Gasteiger partial charge >= 0.3 is 5.97 Å². The third-order valence-electron chi connectivity index (χ3n) is 2.82. The molecular weight excluding hydrogens is 226 g/mol. The van der Waals surface area contributed by atoms with Crippen LogP contribution >= 0.6 is 0 Å². The number of nitrogens with one attached hydrogen (secondary N) is 1. The van der Waals surface area contributed by atoms with E-state index in [1.54, 1.807) is 6.08 Å². The van der Waals surface area contributed by atoms with Crippen molar-refractivity contribution in [1.29, 1.82) is 0 Å². The van der Waals surface area contributed by atoms with Crippen LogP contribution in [0.1, 0.15) is 24.5 Å². The van der Waals surface area contributed by atoms with Crippen LogP contribution in [0.25, 0.3) is 0 Å². The van der Waals surface area contributed by atoms with Crippen molar-refractivity contribution in [2.45, 2.75) is 26.7 Å². The first kappa shape index (κ1) is 14.5. The highest BCUT2D eigenvalue weighted by atomic mass is 16.4. The van der Waals surface area contributed by atoms with Crippen molar-refractivity contribution < 1.29 is 9.90 Å². The molecule has 0 saturated heterocycles. The molecule has 1 rings (SSSR count). The van der Waals surface area contributed by atoms with E-state index in [1.165, 1.54) is 11.1 Å². The van der Waals surface area contributed by atoms with Gasteiger partial charge in [0, 0.05) is 12.1 Å². The zero-order chi connectivity index (χ0) is 13.4. The van der Waals surface area contributed by atoms with Crippen LogP contribution in [0.3, 0.4) is 0 Å². The third kappa shape index (κ3) is 5.15. The molecule has 0 heterocycles. The van der Waals surface area contributed by atoms with Crippen molar-refractivity contribution in [3.05, 3.63) is 47.0 Å². The second-order valence-corrected chi connectivity index (χ2v) is 4.33. The Labute approximate surface area is 109 Å². The van der Waals surface area contributed by atoms with E-state index in [4.69, 9.17) is 5.11 Å². The number of aryl methyl sites for hydroxylation is 1. The summed E-state index contributed by atoms with van der Waals surface area (Å²) >= 11 is 0. The van der Waals surface area contributed by atoms with Crippen molar-refractivity contribution in [2.24, 2.45) is 0 Å². The van der Waals surface area contributed by atoms with Gasteiger partial charge in [-0.1, -0.05) is 42.8 Å². The van der Waals surface area contributed by atoms with Gasteiger partial charge in [-0.3, -0.25) is 0 Å². The van der Waals surface area contributed by atoms with E-state index in [2.05, 4.69) is 36.5 Å². The van der Waals surface area contributed by atoms with Crippen molar-refractivity contribution in [2.75, 3.05) is 13.1 Å². The van der Waals surface area contributed by atoms with Crippen molar-refractivity contribution in [3.8, 4) is 0 Å². The molecule has 0 fully saturated rings. The lowest BCUT2D eigenvalue weighted by Gasteiger charge is -2.04. The van der Waals surface area contributed by atoms with Gasteiger partial charge in [-0.2, -0.15) is 0 Å². The fourth-order valence-corrected chi connectivity index (χ4v) is 1.78. The molecule has 0 aliphatic rings. The second kappa shape index (κ2) is 7.67. The molecule has 0 bridgehead atoms. The smallest absolute Gasteiger partial charge is 0.331 e. The number of carbonyl (C=O) groups is 1. The maximum Gasteiger partial charge on any atom is 0.331 e. The van der Waals surface area contributed by atoms with Crippen molar-refractivity contribution >= 4 is 5.97 Å². The fourth-order valence-electron chi connectivity index (χ4n) is 1.78. The minimum atomic E-state index is -0.821. The summed E-state index contributed by atoms with van der Waals surface area (Å²) < 4.78 is 0. The molecular formula is C15H21NO2. The molecule has 1 aromatic rings. The standard InChI is InChI=1S/C15H21NO2/c1-3-14(15(17)18)8-10-16-9-7-13-6-4-5-12(2)11-13/h4-6,8,11,16H,3,7,9-10H2,1-2H3,(H,17,18)/b14-8-. The zero-order valence-electron chi connectivity index (χ0n) is 11.1. The second-order valence-electron chi connectivity index (χ2n) is 4.33. The van der Waals surface area contributed by atoms with Gasteiger partial charge < -0.3 is 10.4 Å². The molecule has 0 spiro atoms. The minimum absolute atomic E-state index is 0.470. The lowest BCUT2D eigenvalue weighted by atomic mass is 10.1. The number of hydrogen-bond acceptors (Lipinski definition) is 2. The quantitative estimate of drug-likeness (QED) is 0.575. The Kier molecular flexibility index (Phi) is 6.15. The molecule has 3 nitrogen and oxygen atoms in total. The van der Waals surface area contributed by atoms with Gasteiger partial charge in [0.2, 0.25) is 0 Å². The molecule has 3 heteroatoms. The predicted molar refractivity (Wildman–Crippen MR) is 73.8 cm³/mol. The third-order valence-corrected chi connectivity index (χ3v) is 2.82. The number of carboxylic acid groups (broad SMARTS) is 1. The van der Waals surface area contributed by atoms with Crippen LogP contribution in [-0.2, 0) is 11.2 Å². The molecule has 1 aromatic carbocycles. The summed E-state index contributed by atoms with van der Waals surface area (Å²) in [7, 11) is 0. The Hall–Kier alpha value is -1.61. The predicted octanol–water partition coefficient (Wildman–Crippen LogP) is 2.55. The van der Waals surface area contributed by atoms with Crippen molar-refractivity contribution in [3.63, 3.8) is 0 Å². The molecule has 0 aliphatic carbocycles. The molecule has 0 aromatic heterocycles. The van der Waals surface area contributed by atoms with Gasteiger partial charge in [0.15, 0.2) is 0 Å². The van der Waals surface area contributed by atoms with E-state index < -0.39 is 5.97 Å². The summed E-state index contributed by atoms with van der Waals surface area (Å²) in [6.07, 6.45) is 3.28. The molecule has 2 N–H and O–H groups in total. The molecule has 0 amide bonds. The average molecular weight is 247 g/mol. The number of benzene rings is 1. The Morgan fingerprint density at radius 2 is 2.22 bits per heavy atom. The monoisotopic (exact) mass is 247 g/mol. The topological polar surface area (TPSA) is 49.3 Å². The van der Waals surface area contributed by atoms with Crippen LogP contribution < -0.4 is 5.32 Å². The highest BCUT2D eigenvalue weighted by molar-refractivity contribution is 5.86. The van der Waals surface area contributed by atoms with Crippen LogP contribution in [0.5, 0.6) is 0 Å². The number of carboxylic acids is 1. The average Bonchev–Trinajstić information content (AvgIpc) is 2.33. The molecule has 98 valence electrons. The summed E-state index contributed by atoms with van der Waals surface area (Å²) in [5.41, 5.74) is 3.05. The maximum atomic E-state index is 10.8. The van der Waals surface area contributed by atoms with E-state index >= 15 is 0 Å². The van der Waals surface area contributed by atoms with E-state index in [9.17, 15) is 4.79 Å². The normalized spacial score (nSPS) is 11.6. The van der Waals surface area contributed by atoms with Gasteiger partial charge in [0.05, 0.1) is 0 Å². The van der Waals surface area contributed by atoms with E-state index in [0.29, 0.717) is 18.5 Å². The summed E-state index contributed by atoms with van der Waals surface area (Å²) in [4.78, 5) is 10.8. The van der Waals surface area contributed by atoms with Crippen LogP contribution in [0.2, 0.25) is 0 Å². The molecule has 0 aliphatic heterocycles. The highest BCUT2D eigenvalue weighted by Crippen LogP contribution is 2.04.